The minimum atomic E-state index is -0.427. The number of carbonyl (C=O) groups excluding carboxylic acids is 1. The third kappa shape index (κ3) is 12.0. The number of rotatable bonds is 12. The SMILES string of the molecule is Cc1ccc(OCCCN2CCN(CCCCCCNC(=O)OC(C)(C)C)CC2)cc1. The molecule has 0 atom stereocenters. The monoisotopic (exact) mass is 433 g/mol. The molecule has 1 saturated heterocycles. The summed E-state index contributed by atoms with van der Waals surface area (Å²) < 4.78 is 11.1. The molecule has 0 unspecified atom stereocenters. The van der Waals surface area contributed by atoms with Crippen LogP contribution in [0.25, 0.3) is 0 Å². The predicted molar refractivity (Wildman–Crippen MR) is 127 cm³/mol. The van der Waals surface area contributed by atoms with Gasteiger partial charge >= 0.3 is 6.09 Å². The number of ether oxygens (including phenoxy) is 2. The molecule has 0 saturated carbocycles. The molecule has 1 aliphatic rings. The van der Waals surface area contributed by atoms with E-state index in [1.807, 2.05) is 32.9 Å². The van der Waals surface area contributed by atoms with E-state index in [2.05, 4.69) is 34.2 Å². The maximum absolute atomic E-state index is 11.6. The van der Waals surface area contributed by atoms with Gasteiger partial charge < -0.3 is 24.6 Å². The fourth-order valence-electron chi connectivity index (χ4n) is 3.67. The molecular weight excluding hydrogens is 390 g/mol. The molecule has 6 nitrogen and oxygen atoms in total. The first-order valence-corrected chi connectivity index (χ1v) is 11.9. The van der Waals surface area contributed by atoms with E-state index < -0.39 is 5.60 Å². The average molecular weight is 434 g/mol. The Morgan fingerprint density at radius 2 is 1.48 bits per heavy atom. The normalized spacial score (nSPS) is 15.6. The summed E-state index contributed by atoms with van der Waals surface area (Å²) in [4.78, 5) is 16.7. The molecule has 1 N–H and O–H groups in total. The summed E-state index contributed by atoms with van der Waals surface area (Å²) >= 11 is 0. The fourth-order valence-corrected chi connectivity index (χ4v) is 3.67. The lowest BCUT2D eigenvalue weighted by atomic mass is 10.1. The van der Waals surface area contributed by atoms with E-state index in [1.54, 1.807) is 0 Å². The molecule has 0 radical (unpaired) electrons. The van der Waals surface area contributed by atoms with Crippen LogP contribution >= 0.6 is 0 Å². The number of benzene rings is 1. The molecule has 176 valence electrons. The van der Waals surface area contributed by atoms with Crippen molar-refractivity contribution in [2.75, 3.05) is 52.4 Å². The lowest BCUT2D eigenvalue weighted by Gasteiger charge is -2.34. The number of aryl methyl sites for hydroxylation is 1. The smallest absolute Gasteiger partial charge is 0.407 e. The Kier molecular flexibility index (Phi) is 11.2. The zero-order chi connectivity index (χ0) is 22.5. The summed E-state index contributed by atoms with van der Waals surface area (Å²) in [5.74, 6) is 0.969. The molecule has 1 fully saturated rings. The van der Waals surface area contributed by atoms with E-state index in [0.29, 0.717) is 6.54 Å². The number of alkyl carbamates (subject to hydrolysis) is 1. The van der Waals surface area contributed by atoms with Crippen molar-refractivity contribution in [3.63, 3.8) is 0 Å². The Hall–Kier alpha value is -1.79. The van der Waals surface area contributed by atoms with Gasteiger partial charge in [-0.05, 0) is 65.6 Å². The summed E-state index contributed by atoms with van der Waals surface area (Å²) in [5.41, 5.74) is 0.837. The minimum absolute atomic E-state index is 0.313. The van der Waals surface area contributed by atoms with Crippen LogP contribution in [-0.4, -0.2) is 73.9 Å². The quantitative estimate of drug-likeness (QED) is 0.493. The highest BCUT2D eigenvalue weighted by molar-refractivity contribution is 5.67. The van der Waals surface area contributed by atoms with E-state index in [1.165, 1.54) is 38.0 Å². The Morgan fingerprint density at radius 3 is 2.10 bits per heavy atom. The van der Waals surface area contributed by atoms with Gasteiger partial charge in [0, 0.05) is 39.3 Å². The summed E-state index contributed by atoms with van der Waals surface area (Å²) in [5, 5.41) is 2.83. The maximum Gasteiger partial charge on any atom is 0.407 e. The van der Waals surface area contributed by atoms with Crippen LogP contribution in [0.3, 0.4) is 0 Å². The Bertz CT molecular complexity index is 620. The number of nitrogens with one attached hydrogen (secondary N) is 1. The minimum Gasteiger partial charge on any atom is -0.494 e. The average Bonchev–Trinajstić information content (AvgIpc) is 2.71. The van der Waals surface area contributed by atoms with Gasteiger partial charge in [-0.15, -0.1) is 0 Å². The summed E-state index contributed by atoms with van der Waals surface area (Å²) in [7, 11) is 0. The van der Waals surface area contributed by atoms with E-state index >= 15 is 0 Å². The molecule has 1 aliphatic heterocycles. The van der Waals surface area contributed by atoms with Crippen LogP contribution in [0.1, 0.15) is 58.4 Å². The van der Waals surface area contributed by atoms with E-state index in [-0.39, 0.29) is 6.09 Å². The third-order valence-electron chi connectivity index (χ3n) is 5.44. The van der Waals surface area contributed by atoms with Crippen molar-refractivity contribution in [3.05, 3.63) is 29.8 Å². The van der Waals surface area contributed by atoms with Crippen LogP contribution in [0.5, 0.6) is 5.75 Å². The number of piperazine rings is 1. The van der Waals surface area contributed by atoms with Crippen molar-refractivity contribution >= 4 is 6.09 Å². The highest BCUT2D eigenvalue weighted by Crippen LogP contribution is 2.12. The third-order valence-corrected chi connectivity index (χ3v) is 5.44. The zero-order valence-corrected chi connectivity index (χ0v) is 20.1. The second kappa shape index (κ2) is 13.6. The van der Waals surface area contributed by atoms with Crippen LogP contribution in [0.2, 0.25) is 0 Å². The van der Waals surface area contributed by atoms with Gasteiger partial charge in [0.05, 0.1) is 6.61 Å². The molecule has 1 aromatic rings. The van der Waals surface area contributed by atoms with Gasteiger partial charge in [0.15, 0.2) is 0 Å². The van der Waals surface area contributed by atoms with Crippen molar-refractivity contribution in [3.8, 4) is 5.75 Å². The largest absolute Gasteiger partial charge is 0.494 e. The molecule has 0 bridgehead atoms. The van der Waals surface area contributed by atoms with Gasteiger partial charge in [0.2, 0.25) is 0 Å². The molecule has 0 aromatic heterocycles. The first-order valence-electron chi connectivity index (χ1n) is 11.9. The van der Waals surface area contributed by atoms with Gasteiger partial charge in [0.25, 0.3) is 0 Å². The van der Waals surface area contributed by atoms with Crippen LogP contribution in [0.15, 0.2) is 24.3 Å². The first-order chi connectivity index (χ1) is 14.8. The Labute approximate surface area is 189 Å². The van der Waals surface area contributed by atoms with Crippen LogP contribution < -0.4 is 10.1 Å². The molecule has 2 rings (SSSR count). The second-order valence-electron chi connectivity index (χ2n) is 9.54. The lowest BCUT2D eigenvalue weighted by Crippen LogP contribution is -2.46. The Balaban J connectivity index is 1.41. The number of hydrogen-bond acceptors (Lipinski definition) is 5. The van der Waals surface area contributed by atoms with Gasteiger partial charge in [0.1, 0.15) is 11.4 Å². The van der Waals surface area contributed by atoms with Gasteiger partial charge in [-0.1, -0.05) is 30.5 Å². The van der Waals surface area contributed by atoms with Crippen LogP contribution in [0, 0.1) is 6.92 Å². The van der Waals surface area contributed by atoms with E-state index in [4.69, 9.17) is 9.47 Å². The first kappa shape index (κ1) is 25.5. The topological polar surface area (TPSA) is 54.0 Å². The molecule has 1 heterocycles. The number of unbranched alkanes of at least 4 members (excludes halogenated alkanes) is 3. The molecule has 6 heteroatoms. The molecule has 0 spiro atoms. The highest BCUT2D eigenvalue weighted by atomic mass is 16.6. The van der Waals surface area contributed by atoms with Gasteiger partial charge in [-0.3, -0.25) is 0 Å². The van der Waals surface area contributed by atoms with Gasteiger partial charge in [-0.25, -0.2) is 4.79 Å². The number of carbonyl (C=O) groups is 1. The van der Waals surface area contributed by atoms with Crippen molar-refractivity contribution in [1.29, 1.82) is 0 Å². The molecule has 0 aliphatic carbocycles. The zero-order valence-electron chi connectivity index (χ0n) is 20.1. The molecule has 1 aromatic carbocycles. The second-order valence-corrected chi connectivity index (χ2v) is 9.54. The Morgan fingerprint density at radius 1 is 0.903 bits per heavy atom. The summed E-state index contributed by atoms with van der Waals surface area (Å²) in [6.45, 7) is 16.2. The van der Waals surface area contributed by atoms with Crippen LogP contribution in [-0.2, 0) is 4.74 Å². The van der Waals surface area contributed by atoms with Gasteiger partial charge in [-0.2, -0.15) is 0 Å². The van der Waals surface area contributed by atoms with Crippen molar-refractivity contribution in [2.24, 2.45) is 0 Å². The molecular formula is C25H43N3O3. The lowest BCUT2D eigenvalue weighted by molar-refractivity contribution is 0.0527. The van der Waals surface area contributed by atoms with Crippen molar-refractivity contribution < 1.29 is 14.3 Å². The number of hydrogen-bond donors (Lipinski definition) is 1. The summed E-state index contributed by atoms with van der Waals surface area (Å²) in [6.07, 6.45) is 5.37. The number of nitrogens with zero attached hydrogens (tertiary/aromatic N) is 2. The molecule has 31 heavy (non-hydrogen) atoms. The standard InChI is InChI=1S/C25H43N3O3/c1-22-10-12-23(13-11-22)30-21-9-16-28-19-17-27(18-20-28)15-8-6-5-7-14-26-24(29)31-25(2,3)4/h10-13H,5-9,14-21H2,1-4H3,(H,26,29). The van der Waals surface area contributed by atoms with Crippen molar-refractivity contribution in [2.45, 2.75) is 65.4 Å². The summed E-state index contributed by atoms with van der Waals surface area (Å²) in [6, 6.07) is 8.28. The maximum atomic E-state index is 11.6. The van der Waals surface area contributed by atoms with Crippen LogP contribution in [0.4, 0.5) is 4.79 Å². The molecule has 1 amide bonds. The van der Waals surface area contributed by atoms with E-state index in [0.717, 1.165) is 51.3 Å². The highest BCUT2D eigenvalue weighted by Gasteiger charge is 2.16. The predicted octanol–water partition coefficient (Wildman–Crippen LogP) is 4.47. The van der Waals surface area contributed by atoms with Crippen molar-refractivity contribution in [1.82, 2.24) is 15.1 Å². The van der Waals surface area contributed by atoms with E-state index in [9.17, 15) is 4.79 Å². The fraction of sp³-hybridized carbons (Fsp3) is 0.720. The number of amides is 1.